The van der Waals surface area contributed by atoms with Crippen molar-refractivity contribution >= 4 is 11.6 Å². The highest BCUT2D eigenvalue weighted by Gasteiger charge is 2.16. The van der Waals surface area contributed by atoms with E-state index in [1.165, 1.54) is 22.4 Å². The first-order valence-corrected chi connectivity index (χ1v) is 8.46. The van der Waals surface area contributed by atoms with Gasteiger partial charge in [0.1, 0.15) is 11.5 Å². The molecule has 3 rings (SSSR count). The summed E-state index contributed by atoms with van der Waals surface area (Å²) in [5, 5.41) is 7.13. The van der Waals surface area contributed by atoms with Gasteiger partial charge in [-0.1, -0.05) is 51.1 Å². The van der Waals surface area contributed by atoms with Gasteiger partial charge in [0.2, 0.25) is 0 Å². The van der Waals surface area contributed by atoms with E-state index in [-0.39, 0.29) is 11.3 Å². The molecular weight excluding hydrogens is 329 g/mol. The number of aryl methyl sites for hydroxylation is 1. The molecule has 0 fully saturated rings. The van der Waals surface area contributed by atoms with Crippen LogP contribution in [0.15, 0.2) is 54.6 Å². The predicted octanol–water partition coefficient (Wildman–Crippen LogP) is 4.78. The quantitative estimate of drug-likeness (QED) is 0.738. The van der Waals surface area contributed by atoms with Crippen LogP contribution in [0.1, 0.15) is 36.8 Å². The number of hydrogen-bond donors (Lipinski definition) is 1. The molecule has 3 aromatic rings. The van der Waals surface area contributed by atoms with Crippen LogP contribution in [0.4, 0.5) is 10.1 Å². The third-order valence-electron chi connectivity index (χ3n) is 4.24. The van der Waals surface area contributed by atoms with Gasteiger partial charge in [-0.15, -0.1) is 0 Å². The molecule has 0 unspecified atom stereocenters. The van der Waals surface area contributed by atoms with E-state index in [0.29, 0.717) is 11.4 Å². The molecule has 5 heteroatoms. The molecule has 0 aliphatic heterocycles. The van der Waals surface area contributed by atoms with Crippen LogP contribution in [-0.2, 0) is 12.5 Å². The van der Waals surface area contributed by atoms with Crippen LogP contribution in [0, 0.1) is 5.82 Å². The van der Waals surface area contributed by atoms with Crippen molar-refractivity contribution < 1.29 is 9.18 Å². The molecule has 1 heterocycles. The highest BCUT2D eigenvalue weighted by atomic mass is 19.1. The van der Waals surface area contributed by atoms with Gasteiger partial charge in [0.05, 0.1) is 5.69 Å². The van der Waals surface area contributed by atoms with E-state index in [0.717, 1.165) is 11.3 Å². The van der Waals surface area contributed by atoms with E-state index in [1.807, 2.05) is 12.1 Å². The molecular formula is C21H22FN3O. The SMILES string of the molecule is Cn1nc(-c2ccc(C(C)(C)C)cc2)cc1C(=O)Nc1cccc(F)c1. The normalized spacial score (nSPS) is 11.4. The molecule has 0 saturated carbocycles. The van der Waals surface area contributed by atoms with Crippen LogP contribution in [0.5, 0.6) is 0 Å². The Hall–Kier alpha value is -2.95. The number of carbonyl (C=O) groups excluding carboxylic acids is 1. The molecule has 0 bridgehead atoms. The van der Waals surface area contributed by atoms with Gasteiger partial charge in [0, 0.05) is 18.3 Å². The van der Waals surface area contributed by atoms with Crippen molar-refractivity contribution in [2.45, 2.75) is 26.2 Å². The monoisotopic (exact) mass is 351 g/mol. The largest absolute Gasteiger partial charge is 0.321 e. The van der Waals surface area contributed by atoms with Crippen molar-refractivity contribution in [3.63, 3.8) is 0 Å². The first-order valence-electron chi connectivity index (χ1n) is 8.46. The Morgan fingerprint density at radius 2 is 1.77 bits per heavy atom. The number of carbonyl (C=O) groups is 1. The predicted molar refractivity (Wildman–Crippen MR) is 102 cm³/mol. The lowest BCUT2D eigenvalue weighted by Crippen LogP contribution is -2.16. The number of halogens is 1. The summed E-state index contributed by atoms with van der Waals surface area (Å²) in [5.41, 5.74) is 3.80. The molecule has 1 amide bonds. The van der Waals surface area contributed by atoms with Crippen LogP contribution in [0.2, 0.25) is 0 Å². The summed E-state index contributed by atoms with van der Waals surface area (Å²) in [4.78, 5) is 12.5. The second-order valence-electron chi connectivity index (χ2n) is 7.33. The number of hydrogen-bond acceptors (Lipinski definition) is 2. The van der Waals surface area contributed by atoms with Gasteiger partial charge in [-0.2, -0.15) is 5.10 Å². The third-order valence-corrected chi connectivity index (χ3v) is 4.24. The van der Waals surface area contributed by atoms with Crippen LogP contribution in [0.25, 0.3) is 11.3 Å². The molecule has 0 spiro atoms. The smallest absolute Gasteiger partial charge is 0.273 e. The fraction of sp³-hybridized carbons (Fsp3) is 0.238. The molecule has 1 aromatic heterocycles. The van der Waals surface area contributed by atoms with Gasteiger partial charge in [0.15, 0.2) is 0 Å². The highest BCUT2D eigenvalue weighted by Crippen LogP contribution is 2.26. The zero-order valence-corrected chi connectivity index (χ0v) is 15.4. The Balaban J connectivity index is 1.83. The van der Waals surface area contributed by atoms with Gasteiger partial charge in [-0.05, 0) is 35.2 Å². The fourth-order valence-corrected chi connectivity index (χ4v) is 2.72. The van der Waals surface area contributed by atoms with Gasteiger partial charge >= 0.3 is 0 Å². The Morgan fingerprint density at radius 3 is 2.38 bits per heavy atom. The summed E-state index contributed by atoms with van der Waals surface area (Å²) in [5.74, 6) is -0.726. The lowest BCUT2D eigenvalue weighted by atomic mass is 9.86. The minimum absolute atomic E-state index is 0.0820. The van der Waals surface area contributed by atoms with Gasteiger partial charge in [0.25, 0.3) is 5.91 Å². The highest BCUT2D eigenvalue weighted by molar-refractivity contribution is 6.03. The summed E-state index contributed by atoms with van der Waals surface area (Å²) in [6.45, 7) is 6.49. The van der Waals surface area contributed by atoms with Crippen LogP contribution in [0.3, 0.4) is 0 Å². The molecule has 0 aliphatic carbocycles. The third kappa shape index (κ3) is 3.82. The Labute approximate surface area is 152 Å². The molecule has 0 atom stereocenters. The minimum Gasteiger partial charge on any atom is -0.321 e. The number of nitrogens with zero attached hydrogens (tertiary/aromatic N) is 2. The Morgan fingerprint density at radius 1 is 1.08 bits per heavy atom. The maximum absolute atomic E-state index is 13.3. The molecule has 26 heavy (non-hydrogen) atoms. The van der Waals surface area contributed by atoms with Crippen molar-refractivity contribution in [2.75, 3.05) is 5.32 Å². The number of rotatable bonds is 3. The van der Waals surface area contributed by atoms with E-state index in [2.05, 4.69) is 43.3 Å². The summed E-state index contributed by atoms with van der Waals surface area (Å²) in [6.07, 6.45) is 0. The molecule has 1 N–H and O–H groups in total. The van der Waals surface area contributed by atoms with E-state index in [4.69, 9.17) is 0 Å². The van der Waals surface area contributed by atoms with E-state index < -0.39 is 5.82 Å². The lowest BCUT2D eigenvalue weighted by molar-refractivity contribution is 0.101. The average Bonchev–Trinajstić information content (AvgIpc) is 2.96. The Bertz CT molecular complexity index is 937. The van der Waals surface area contributed by atoms with Crippen LogP contribution >= 0.6 is 0 Å². The van der Waals surface area contributed by atoms with Crippen molar-refractivity contribution in [1.82, 2.24) is 9.78 Å². The topological polar surface area (TPSA) is 46.9 Å². The van der Waals surface area contributed by atoms with Gasteiger partial charge in [-0.3, -0.25) is 9.48 Å². The maximum atomic E-state index is 13.3. The molecule has 134 valence electrons. The van der Waals surface area contributed by atoms with Gasteiger partial charge in [-0.25, -0.2) is 4.39 Å². The zero-order valence-electron chi connectivity index (χ0n) is 15.4. The number of benzene rings is 2. The lowest BCUT2D eigenvalue weighted by Gasteiger charge is -2.18. The molecule has 2 aromatic carbocycles. The summed E-state index contributed by atoms with van der Waals surface area (Å²) < 4.78 is 14.8. The summed E-state index contributed by atoms with van der Waals surface area (Å²) >= 11 is 0. The molecule has 4 nitrogen and oxygen atoms in total. The van der Waals surface area contributed by atoms with Gasteiger partial charge < -0.3 is 5.32 Å². The summed E-state index contributed by atoms with van der Waals surface area (Å²) in [6, 6.07) is 15.7. The minimum atomic E-state index is -0.396. The first kappa shape index (κ1) is 17.9. The maximum Gasteiger partial charge on any atom is 0.273 e. The molecule has 0 aliphatic rings. The number of aromatic nitrogens is 2. The molecule has 0 saturated heterocycles. The number of nitrogens with one attached hydrogen (secondary N) is 1. The number of amides is 1. The van der Waals surface area contributed by atoms with E-state index >= 15 is 0 Å². The second kappa shape index (κ2) is 6.75. The Kier molecular flexibility index (Phi) is 4.64. The van der Waals surface area contributed by atoms with E-state index in [9.17, 15) is 9.18 Å². The summed E-state index contributed by atoms with van der Waals surface area (Å²) in [7, 11) is 1.72. The van der Waals surface area contributed by atoms with Crippen molar-refractivity contribution in [1.29, 1.82) is 0 Å². The van der Waals surface area contributed by atoms with Crippen LogP contribution in [-0.4, -0.2) is 15.7 Å². The van der Waals surface area contributed by atoms with Crippen LogP contribution < -0.4 is 5.32 Å². The zero-order chi connectivity index (χ0) is 18.9. The fourth-order valence-electron chi connectivity index (χ4n) is 2.72. The van der Waals surface area contributed by atoms with E-state index in [1.54, 1.807) is 25.2 Å². The first-order chi connectivity index (χ1) is 12.2. The standard InChI is InChI=1S/C21H22FN3O/c1-21(2,3)15-10-8-14(9-11-15)18-13-19(25(4)24-18)20(26)23-17-7-5-6-16(22)12-17/h5-13H,1-4H3,(H,23,26). The van der Waals surface area contributed by atoms with Crippen molar-refractivity contribution in [3.05, 3.63) is 71.7 Å². The number of anilines is 1. The molecule has 0 radical (unpaired) electrons. The second-order valence-corrected chi connectivity index (χ2v) is 7.33. The van der Waals surface area contributed by atoms with Crippen molar-refractivity contribution in [3.8, 4) is 11.3 Å². The average molecular weight is 351 g/mol. The van der Waals surface area contributed by atoms with Crippen molar-refractivity contribution in [2.24, 2.45) is 7.05 Å².